The molecule has 0 amide bonds. The summed E-state index contributed by atoms with van der Waals surface area (Å²) in [4.78, 5) is 2.28. The van der Waals surface area contributed by atoms with E-state index in [9.17, 15) is 9.50 Å². The molecule has 0 radical (unpaired) electrons. The first-order valence-electron chi connectivity index (χ1n) is 6.76. The standard InChI is InChI=1S/C15H22FNO/c1-4-12-5-6-17(9-12)15-7-10(2)14(16)8-13(15)11(3)18/h7-8,11-12,18H,4-6,9H2,1-3H3/t11-,12?/m0/s1. The molecule has 0 aromatic heterocycles. The molecule has 1 aliphatic rings. The number of benzene rings is 1. The fraction of sp³-hybridized carbons (Fsp3) is 0.600. The Morgan fingerprint density at radius 1 is 1.50 bits per heavy atom. The van der Waals surface area contributed by atoms with Gasteiger partial charge in [-0.25, -0.2) is 4.39 Å². The first kappa shape index (κ1) is 13.3. The van der Waals surface area contributed by atoms with Crippen molar-refractivity contribution in [2.45, 2.75) is 39.7 Å². The van der Waals surface area contributed by atoms with Crippen LogP contribution >= 0.6 is 0 Å². The van der Waals surface area contributed by atoms with Crippen LogP contribution in [0.4, 0.5) is 10.1 Å². The van der Waals surface area contributed by atoms with E-state index in [1.54, 1.807) is 13.8 Å². The molecule has 0 saturated carbocycles. The van der Waals surface area contributed by atoms with E-state index in [1.165, 1.54) is 18.9 Å². The third kappa shape index (κ3) is 2.51. The highest BCUT2D eigenvalue weighted by molar-refractivity contribution is 5.57. The maximum absolute atomic E-state index is 13.6. The Kier molecular flexibility index (Phi) is 3.91. The van der Waals surface area contributed by atoms with Crippen molar-refractivity contribution in [3.8, 4) is 0 Å². The molecular weight excluding hydrogens is 229 g/mol. The third-order valence-corrected chi connectivity index (χ3v) is 3.96. The number of nitrogens with zero attached hydrogens (tertiary/aromatic N) is 1. The maximum atomic E-state index is 13.6. The molecule has 1 fully saturated rings. The molecule has 1 N–H and O–H groups in total. The second-order valence-electron chi connectivity index (χ2n) is 5.35. The maximum Gasteiger partial charge on any atom is 0.126 e. The van der Waals surface area contributed by atoms with Gasteiger partial charge in [-0.3, -0.25) is 0 Å². The van der Waals surface area contributed by atoms with Crippen LogP contribution in [0.25, 0.3) is 0 Å². The van der Waals surface area contributed by atoms with Gasteiger partial charge in [-0.05, 0) is 43.9 Å². The minimum atomic E-state index is -0.629. The molecule has 0 aliphatic carbocycles. The summed E-state index contributed by atoms with van der Waals surface area (Å²) < 4.78 is 13.6. The number of hydrogen-bond donors (Lipinski definition) is 1. The molecule has 2 rings (SSSR count). The lowest BCUT2D eigenvalue weighted by molar-refractivity contribution is 0.199. The molecule has 1 heterocycles. The number of halogens is 1. The van der Waals surface area contributed by atoms with Gasteiger partial charge in [0.25, 0.3) is 0 Å². The zero-order valence-electron chi connectivity index (χ0n) is 11.4. The highest BCUT2D eigenvalue weighted by Crippen LogP contribution is 2.33. The van der Waals surface area contributed by atoms with E-state index in [0.29, 0.717) is 11.1 Å². The fourth-order valence-corrected chi connectivity index (χ4v) is 2.67. The second kappa shape index (κ2) is 5.27. The molecule has 2 nitrogen and oxygen atoms in total. The molecule has 1 aromatic rings. The Hall–Kier alpha value is -1.09. The molecule has 1 aliphatic heterocycles. The summed E-state index contributed by atoms with van der Waals surface area (Å²) in [6.45, 7) is 7.70. The van der Waals surface area contributed by atoms with Crippen molar-refractivity contribution < 1.29 is 9.50 Å². The second-order valence-corrected chi connectivity index (χ2v) is 5.35. The molecule has 3 heteroatoms. The zero-order valence-corrected chi connectivity index (χ0v) is 11.4. The monoisotopic (exact) mass is 251 g/mol. The lowest BCUT2D eigenvalue weighted by Crippen LogP contribution is -2.22. The molecule has 0 spiro atoms. The number of aryl methyl sites for hydroxylation is 1. The van der Waals surface area contributed by atoms with Gasteiger partial charge in [-0.15, -0.1) is 0 Å². The SMILES string of the molecule is CCC1CCN(c2cc(C)c(F)cc2[C@H](C)O)C1. The first-order valence-corrected chi connectivity index (χ1v) is 6.76. The van der Waals surface area contributed by atoms with Crippen molar-refractivity contribution >= 4 is 5.69 Å². The Balaban J connectivity index is 2.34. The Bertz CT molecular complexity index is 431. The van der Waals surface area contributed by atoms with Crippen LogP contribution in [0.5, 0.6) is 0 Å². The highest BCUT2D eigenvalue weighted by Gasteiger charge is 2.24. The van der Waals surface area contributed by atoms with Crippen LogP contribution in [0.3, 0.4) is 0 Å². The number of anilines is 1. The minimum Gasteiger partial charge on any atom is -0.389 e. The largest absolute Gasteiger partial charge is 0.389 e. The summed E-state index contributed by atoms with van der Waals surface area (Å²) in [5.74, 6) is 0.484. The minimum absolute atomic E-state index is 0.235. The first-order chi connectivity index (χ1) is 8.52. The molecular formula is C15H22FNO. The molecule has 1 aromatic carbocycles. The van der Waals surface area contributed by atoms with Gasteiger partial charge in [0.05, 0.1) is 6.10 Å². The summed E-state index contributed by atoms with van der Waals surface area (Å²) >= 11 is 0. The quantitative estimate of drug-likeness (QED) is 0.889. The lowest BCUT2D eigenvalue weighted by atomic mass is 10.0. The van der Waals surface area contributed by atoms with Crippen LogP contribution in [0.15, 0.2) is 12.1 Å². The Labute approximate surface area is 108 Å². The van der Waals surface area contributed by atoms with Gasteiger partial charge >= 0.3 is 0 Å². The highest BCUT2D eigenvalue weighted by atomic mass is 19.1. The van der Waals surface area contributed by atoms with E-state index in [1.807, 2.05) is 6.07 Å². The molecule has 100 valence electrons. The van der Waals surface area contributed by atoms with E-state index < -0.39 is 6.10 Å². The van der Waals surface area contributed by atoms with Gasteiger partial charge in [-0.2, -0.15) is 0 Å². The smallest absolute Gasteiger partial charge is 0.126 e. The van der Waals surface area contributed by atoms with E-state index in [2.05, 4.69) is 11.8 Å². The van der Waals surface area contributed by atoms with Gasteiger partial charge < -0.3 is 10.0 Å². The summed E-state index contributed by atoms with van der Waals surface area (Å²) in [6.07, 6.45) is 1.74. The Morgan fingerprint density at radius 2 is 2.22 bits per heavy atom. The van der Waals surface area contributed by atoms with E-state index in [0.717, 1.165) is 24.7 Å². The van der Waals surface area contributed by atoms with E-state index in [-0.39, 0.29) is 5.82 Å². The van der Waals surface area contributed by atoms with Gasteiger partial charge in [0, 0.05) is 24.3 Å². The molecule has 0 bridgehead atoms. The number of hydrogen-bond acceptors (Lipinski definition) is 2. The van der Waals surface area contributed by atoms with Crippen molar-refractivity contribution in [3.05, 3.63) is 29.1 Å². The van der Waals surface area contributed by atoms with Crippen molar-refractivity contribution in [2.75, 3.05) is 18.0 Å². The van der Waals surface area contributed by atoms with Crippen LogP contribution in [0.2, 0.25) is 0 Å². The number of aliphatic hydroxyl groups excluding tert-OH is 1. The van der Waals surface area contributed by atoms with Gasteiger partial charge in [0.15, 0.2) is 0 Å². The molecule has 1 saturated heterocycles. The van der Waals surface area contributed by atoms with Crippen LogP contribution in [0.1, 0.15) is 43.9 Å². The lowest BCUT2D eigenvalue weighted by Gasteiger charge is -2.24. The van der Waals surface area contributed by atoms with Gasteiger partial charge in [0.2, 0.25) is 0 Å². The average Bonchev–Trinajstić information content (AvgIpc) is 2.80. The van der Waals surface area contributed by atoms with Crippen LogP contribution in [-0.4, -0.2) is 18.2 Å². The molecule has 1 unspecified atom stereocenters. The van der Waals surface area contributed by atoms with Crippen molar-refractivity contribution in [3.63, 3.8) is 0 Å². The van der Waals surface area contributed by atoms with Crippen LogP contribution in [-0.2, 0) is 0 Å². The molecule has 2 atom stereocenters. The number of rotatable bonds is 3. The van der Waals surface area contributed by atoms with E-state index >= 15 is 0 Å². The summed E-state index contributed by atoms with van der Waals surface area (Å²) in [7, 11) is 0. The fourth-order valence-electron chi connectivity index (χ4n) is 2.67. The van der Waals surface area contributed by atoms with E-state index in [4.69, 9.17) is 0 Å². The predicted molar refractivity (Wildman–Crippen MR) is 72.4 cm³/mol. The average molecular weight is 251 g/mol. The van der Waals surface area contributed by atoms with Crippen molar-refractivity contribution in [2.24, 2.45) is 5.92 Å². The zero-order chi connectivity index (χ0) is 13.3. The summed E-state index contributed by atoms with van der Waals surface area (Å²) in [5, 5.41) is 9.81. The third-order valence-electron chi connectivity index (χ3n) is 3.96. The van der Waals surface area contributed by atoms with Crippen molar-refractivity contribution in [1.82, 2.24) is 0 Å². The van der Waals surface area contributed by atoms with Gasteiger partial charge in [0.1, 0.15) is 5.82 Å². The summed E-state index contributed by atoms with van der Waals surface area (Å²) in [6, 6.07) is 3.35. The normalized spacial score (nSPS) is 21.4. The van der Waals surface area contributed by atoms with Crippen LogP contribution in [0, 0.1) is 18.7 Å². The number of aliphatic hydroxyl groups is 1. The Morgan fingerprint density at radius 3 is 2.78 bits per heavy atom. The van der Waals surface area contributed by atoms with Crippen LogP contribution < -0.4 is 4.90 Å². The summed E-state index contributed by atoms with van der Waals surface area (Å²) in [5.41, 5.74) is 2.35. The molecule has 18 heavy (non-hydrogen) atoms. The van der Waals surface area contributed by atoms with Gasteiger partial charge in [-0.1, -0.05) is 13.3 Å². The van der Waals surface area contributed by atoms with Crippen molar-refractivity contribution in [1.29, 1.82) is 0 Å². The predicted octanol–water partition coefficient (Wildman–Crippen LogP) is 3.42. The topological polar surface area (TPSA) is 23.5 Å².